The number of benzene rings is 3. The van der Waals surface area contributed by atoms with Crippen LogP contribution in [-0.4, -0.2) is 4.57 Å². The second kappa shape index (κ2) is 5.65. The first kappa shape index (κ1) is 13.6. The fraction of sp³-hybridized carbons (Fsp3) is 0. The maximum Gasteiger partial charge on any atom is 0.151 e. The van der Waals surface area contributed by atoms with Gasteiger partial charge in [-0.1, -0.05) is 48.5 Å². The third-order valence-electron chi connectivity index (χ3n) is 3.89. The molecule has 0 bridgehead atoms. The van der Waals surface area contributed by atoms with E-state index in [4.69, 9.17) is 4.74 Å². The summed E-state index contributed by atoms with van der Waals surface area (Å²) in [4.78, 5) is 0. The molecule has 0 amide bonds. The summed E-state index contributed by atoms with van der Waals surface area (Å²) < 4.78 is 8.24. The smallest absolute Gasteiger partial charge is 0.151 e. The van der Waals surface area contributed by atoms with Gasteiger partial charge in [0.2, 0.25) is 0 Å². The third kappa shape index (κ3) is 2.49. The van der Waals surface area contributed by atoms with Crippen LogP contribution in [0.5, 0.6) is 11.5 Å². The van der Waals surface area contributed by atoms with Gasteiger partial charge in [0, 0.05) is 6.20 Å². The number of hydrogen-bond acceptors (Lipinski definition) is 1. The first-order chi connectivity index (χ1) is 11.3. The number of ether oxygens (including phenoxy) is 1. The molecule has 0 unspecified atom stereocenters. The number of aromatic nitrogens is 1. The summed E-state index contributed by atoms with van der Waals surface area (Å²) in [7, 11) is 0. The molecule has 1 heterocycles. The summed E-state index contributed by atoms with van der Waals surface area (Å²) in [6.45, 7) is 4.18. The second-order valence-electron chi connectivity index (χ2n) is 5.42. The van der Waals surface area contributed by atoms with Crippen molar-refractivity contribution in [2.45, 2.75) is 0 Å². The Morgan fingerprint density at radius 3 is 2.39 bits per heavy atom. The molecule has 0 saturated heterocycles. The van der Waals surface area contributed by atoms with E-state index in [1.807, 2.05) is 60.7 Å². The van der Waals surface area contributed by atoms with E-state index in [-0.39, 0.29) is 0 Å². The zero-order chi connectivity index (χ0) is 15.6. The molecule has 0 saturated carbocycles. The van der Waals surface area contributed by atoms with Crippen molar-refractivity contribution < 1.29 is 4.74 Å². The fourth-order valence-corrected chi connectivity index (χ4v) is 2.82. The highest BCUT2D eigenvalue weighted by atomic mass is 16.5. The molecule has 2 heteroatoms. The lowest BCUT2D eigenvalue weighted by Gasteiger charge is -2.15. The van der Waals surface area contributed by atoms with Gasteiger partial charge in [-0.15, -0.1) is 0 Å². The van der Waals surface area contributed by atoms with Crippen molar-refractivity contribution in [2.75, 3.05) is 0 Å². The van der Waals surface area contributed by atoms with Crippen LogP contribution in [-0.2, 0) is 0 Å². The van der Waals surface area contributed by atoms with Crippen molar-refractivity contribution in [1.82, 2.24) is 4.57 Å². The van der Waals surface area contributed by atoms with Gasteiger partial charge in [-0.2, -0.15) is 0 Å². The minimum Gasteiger partial charge on any atom is -0.455 e. The molecule has 4 aromatic rings. The lowest BCUT2D eigenvalue weighted by Crippen LogP contribution is -1.99. The van der Waals surface area contributed by atoms with Crippen LogP contribution in [0.1, 0.15) is 5.56 Å². The predicted octanol–water partition coefficient (Wildman–Crippen LogP) is 5.60. The summed E-state index contributed by atoms with van der Waals surface area (Å²) in [6, 6.07) is 26.2. The van der Waals surface area contributed by atoms with Crippen molar-refractivity contribution in [2.24, 2.45) is 0 Å². The first-order valence-electron chi connectivity index (χ1n) is 7.57. The Kier molecular flexibility index (Phi) is 3.35. The molecule has 2 nitrogen and oxygen atoms in total. The summed E-state index contributed by atoms with van der Waals surface area (Å²) in [5, 5.41) is 1.20. The maximum atomic E-state index is 6.10. The summed E-state index contributed by atoms with van der Waals surface area (Å²) in [5.41, 5.74) is 3.04. The van der Waals surface area contributed by atoms with Gasteiger partial charge in [0.15, 0.2) is 5.75 Å². The number of para-hydroxylation sites is 3. The minimum atomic E-state index is 0.796. The average molecular weight is 298 g/mol. The zero-order valence-electron chi connectivity index (χ0n) is 12.6. The monoisotopic (exact) mass is 298 g/mol. The molecule has 23 heavy (non-hydrogen) atoms. The molecule has 1 radical (unpaired) electrons. The Hall–Kier alpha value is -3.00. The Balaban J connectivity index is 1.88. The van der Waals surface area contributed by atoms with Crippen LogP contribution in [0.15, 0.2) is 85.1 Å². The fourth-order valence-electron chi connectivity index (χ4n) is 2.82. The highest BCUT2D eigenvalue weighted by Crippen LogP contribution is 2.33. The van der Waals surface area contributed by atoms with Crippen molar-refractivity contribution in [3.8, 4) is 17.2 Å². The molecule has 0 aliphatic carbocycles. The van der Waals surface area contributed by atoms with Crippen LogP contribution in [0.2, 0.25) is 0 Å². The first-order valence-corrected chi connectivity index (χ1v) is 7.57. The van der Waals surface area contributed by atoms with Gasteiger partial charge in [0.25, 0.3) is 0 Å². The summed E-state index contributed by atoms with van der Waals surface area (Å²) >= 11 is 0. The van der Waals surface area contributed by atoms with E-state index < -0.39 is 0 Å². The van der Waals surface area contributed by atoms with Crippen LogP contribution in [0.25, 0.3) is 16.6 Å². The molecular formula is C21H16NO. The van der Waals surface area contributed by atoms with Crippen LogP contribution in [0, 0.1) is 6.92 Å². The number of fused-ring (bicyclic) bond motifs is 1. The van der Waals surface area contributed by atoms with Crippen molar-refractivity contribution in [1.29, 1.82) is 0 Å². The average Bonchev–Trinajstić information content (AvgIpc) is 3.00. The molecule has 0 spiro atoms. The van der Waals surface area contributed by atoms with Crippen LogP contribution < -0.4 is 4.74 Å². The molecule has 0 fully saturated rings. The van der Waals surface area contributed by atoms with Gasteiger partial charge < -0.3 is 9.30 Å². The molecule has 1 aromatic heterocycles. The molecule has 0 aliphatic rings. The highest BCUT2D eigenvalue weighted by Gasteiger charge is 2.12. The predicted molar refractivity (Wildman–Crippen MR) is 94.3 cm³/mol. The Bertz CT molecular complexity index is 954. The van der Waals surface area contributed by atoms with E-state index in [2.05, 4.69) is 35.9 Å². The highest BCUT2D eigenvalue weighted by molar-refractivity contribution is 5.83. The van der Waals surface area contributed by atoms with Crippen LogP contribution in [0.4, 0.5) is 0 Å². The van der Waals surface area contributed by atoms with Gasteiger partial charge in [-0.05, 0) is 48.2 Å². The normalized spacial score (nSPS) is 10.8. The topological polar surface area (TPSA) is 14.2 Å². The van der Waals surface area contributed by atoms with Gasteiger partial charge in [0.05, 0.1) is 11.2 Å². The maximum absolute atomic E-state index is 6.10. The molecule has 0 atom stereocenters. The van der Waals surface area contributed by atoms with Crippen molar-refractivity contribution >= 4 is 10.9 Å². The minimum absolute atomic E-state index is 0.796. The quantitative estimate of drug-likeness (QED) is 0.480. The molecule has 111 valence electrons. The number of nitrogens with zero attached hydrogens (tertiary/aromatic N) is 1. The van der Waals surface area contributed by atoms with E-state index in [1.54, 1.807) is 0 Å². The number of rotatable bonds is 3. The standard InChI is InChI=1S/C21H16NO/c1-16-8-7-13-20(23-18-10-3-2-4-11-18)21(16)22-15-14-17-9-5-6-12-19(17)22/h2-15H,1H2. The SMILES string of the molecule is [CH2]c1cccc(Oc2ccccc2)c1-n1ccc2ccccc21. The van der Waals surface area contributed by atoms with Crippen LogP contribution >= 0.6 is 0 Å². The van der Waals surface area contributed by atoms with Crippen LogP contribution in [0.3, 0.4) is 0 Å². The number of hydrogen-bond donors (Lipinski definition) is 0. The van der Waals surface area contributed by atoms with E-state index in [1.165, 1.54) is 5.39 Å². The van der Waals surface area contributed by atoms with E-state index in [0.29, 0.717) is 0 Å². The van der Waals surface area contributed by atoms with Gasteiger partial charge >= 0.3 is 0 Å². The second-order valence-corrected chi connectivity index (χ2v) is 5.42. The van der Waals surface area contributed by atoms with Crippen molar-refractivity contribution in [3.05, 3.63) is 97.5 Å². The molecule has 4 rings (SSSR count). The Morgan fingerprint density at radius 1 is 0.739 bits per heavy atom. The summed E-state index contributed by atoms with van der Waals surface area (Å²) in [5.74, 6) is 1.61. The van der Waals surface area contributed by atoms with Gasteiger partial charge in [-0.25, -0.2) is 0 Å². The zero-order valence-corrected chi connectivity index (χ0v) is 12.6. The molecule has 0 N–H and O–H groups in total. The Morgan fingerprint density at radius 2 is 1.52 bits per heavy atom. The molecule has 3 aromatic carbocycles. The molecule has 0 aliphatic heterocycles. The third-order valence-corrected chi connectivity index (χ3v) is 3.89. The Labute approximate surface area is 135 Å². The lowest BCUT2D eigenvalue weighted by atomic mass is 10.1. The van der Waals surface area contributed by atoms with Gasteiger partial charge in [0.1, 0.15) is 5.75 Å². The largest absolute Gasteiger partial charge is 0.455 e. The van der Waals surface area contributed by atoms with E-state index in [9.17, 15) is 0 Å². The van der Waals surface area contributed by atoms with Gasteiger partial charge in [-0.3, -0.25) is 0 Å². The van der Waals surface area contributed by atoms with E-state index >= 15 is 0 Å². The molecular weight excluding hydrogens is 282 g/mol. The lowest BCUT2D eigenvalue weighted by molar-refractivity contribution is 0.480. The van der Waals surface area contributed by atoms with E-state index in [0.717, 1.165) is 28.3 Å². The van der Waals surface area contributed by atoms with Crippen molar-refractivity contribution in [3.63, 3.8) is 0 Å². The summed E-state index contributed by atoms with van der Waals surface area (Å²) in [6.07, 6.45) is 2.06.